The number of piperidine rings is 1. The number of hydrogen-bond acceptors (Lipinski definition) is 3. The summed E-state index contributed by atoms with van der Waals surface area (Å²) in [5.41, 5.74) is 1.02. The molecule has 2 amide bonds. The Morgan fingerprint density at radius 1 is 1.21 bits per heavy atom. The maximum absolute atomic E-state index is 12.4. The molecule has 2 saturated heterocycles. The molecular formula is C19H30N2O3. The molecule has 0 bridgehead atoms. The quantitative estimate of drug-likeness (QED) is 0.811. The van der Waals surface area contributed by atoms with Gasteiger partial charge in [0.2, 0.25) is 11.8 Å². The highest BCUT2D eigenvalue weighted by Crippen LogP contribution is 2.25. The van der Waals surface area contributed by atoms with Crippen LogP contribution in [0.25, 0.3) is 0 Å². The van der Waals surface area contributed by atoms with Crippen LogP contribution in [-0.2, 0) is 14.3 Å². The van der Waals surface area contributed by atoms with Crippen LogP contribution in [0.2, 0.25) is 0 Å². The number of amides is 2. The first-order chi connectivity index (χ1) is 11.7. The van der Waals surface area contributed by atoms with Crippen molar-refractivity contribution in [2.75, 3.05) is 26.2 Å². The number of nitrogens with one attached hydrogen (secondary N) is 1. The fourth-order valence-corrected chi connectivity index (χ4v) is 3.95. The van der Waals surface area contributed by atoms with Crippen molar-refractivity contribution in [3.8, 4) is 0 Å². The number of allylic oxidation sites excluding steroid dienone is 1. The molecule has 0 unspecified atom stereocenters. The van der Waals surface area contributed by atoms with Gasteiger partial charge in [0.15, 0.2) is 0 Å². The van der Waals surface area contributed by atoms with Crippen molar-refractivity contribution >= 4 is 11.8 Å². The van der Waals surface area contributed by atoms with Crippen LogP contribution in [0.4, 0.5) is 0 Å². The lowest BCUT2D eigenvalue weighted by Gasteiger charge is -2.32. The highest BCUT2D eigenvalue weighted by Gasteiger charge is 2.26. The third-order valence-electron chi connectivity index (χ3n) is 5.55. The van der Waals surface area contributed by atoms with Crippen LogP contribution >= 0.6 is 0 Å². The van der Waals surface area contributed by atoms with Crippen molar-refractivity contribution in [1.82, 2.24) is 10.2 Å². The second-order valence-electron chi connectivity index (χ2n) is 7.33. The second-order valence-corrected chi connectivity index (χ2v) is 7.33. The summed E-state index contributed by atoms with van der Waals surface area (Å²) in [5, 5.41) is 2.99. The second kappa shape index (κ2) is 8.65. The van der Waals surface area contributed by atoms with Gasteiger partial charge in [0.25, 0.3) is 0 Å². The Morgan fingerprint density at radius 3 is 2.71 bits per heavy atom. The zero-order chi connectivity index (χ0) is 16.8. The summed E-state index contributed by atoms with van der Waals surface area (Å²) in [4.78, 5) is 26.3. The molecule has 5 nitrogen and oxygen atoms in total. The molecule has 3 rings (SSSR count). The fourth-order valence-electron chi connectivity index (χ4n) is 3.95. The first-order valence-corrected chi connectivity index (χ1v) is 9.59. The molecule has 3 aliphatic rings. The first kappa shape index (κ1) is 17.5. The van der Waals surface area contributed by atoms with Gasteiger partial charge in [-0.3, -0.25) is 9.59 Å². The minimum Gasteiger partial charge on any atom is -0.376 e. The van der Waals surface area contributed by atoms with Crippen LogP contribution in [0.5, 0.6) is 0 Å². The zero-order valence-corrected chi connectivity index (χ0v) is 14.6. The van der Waals surface area contributed by atoms with Gasteiger partial charge in [-0.05, 0) is 57.3 Å². The maximum atomic E-state index is 12.4. The van der Waals surface area contributed by atoms with Crippen molar-refractivity contribution in [3.05, 3.63) is 11.6 Å². The molecule has 24 heavy (non-hydrogen) atoms. The summed E-state index contributed by atoms with van der Waals surface area (Å²) < 4.78 is 5.52. The van der Waals surface area contributed by atoms with Gasteiger partial charge < -0.3 is 15.0 Å². The van der Waals surface area contributed by atoms with Crippen molar-refractivity contribution < 1.29 is 14.3 Å². The van der Waals surface area contributed by atoms with Gasteiger partial charge in [-0.15, -0.1) is 0 Å². The van der Waals surface area contributed by atoms with Crippen molar-refractivity contribution in [1.29, 1.82) is 0 Å². The van der Waals surface area contributed by atoms with Crippen LogP contribution < -0.4 is 5.32 Å². The highest BCUT2D eigenvalue weighted by atomic mass is 16.5. The molecule has 5 heteroatoms. The molecule has 0 aromatic carbocycles. The summed E-state index contributed by atoms with van der Waals surface area (Å²) in [5.74, 6) is 0.959. The van der Waals surface area contributed by atoms with E-state index in [4.69, 9.17) is 4.74 Å². The van der Waals surface area contributed by atoms with Crippen molar-refractivity contribution in [3.63, 3.8) is 0 Å². The van der Waals surface area contributed by atoms with E-state index in [0.29, 0.717) is 18.9 Å². The monoisotopic (exact) mass is 334 g/mol. The van der Waals surface area contributed by atoms with E-state index in [9.17, 15) is 9.59 Å². The normalized spacial score (nSPS) is 24.9. The summed E-state index contributed by atoms with van der Waals surface area (Å²) >= 11 is 0. The first-order valence-electron chi connectivity index (χ1n) is 9.59. The average molecular weight is 334 g/mol. The van der Waals surface area contributed by atoms with E-state index in [1.54, 1.807) is 0 Å². The molecule has 1 atom stereocenters. The zero-order valence-electron chi connectivity index (χ0n) is 14.6. The fraction of sp³-hybridized carbons (Fsp3) is 0.789. The highest BCUT2D eigenvalue weighted by molar-refractivity contribution is 5.93. The molecule has 1 aliphatic carbocycles. The molecule has 2 heterocycles. The van der Waals surface area contributed by atoms with Gasteiger partial charge in [0, 0.05) is 38.2 Å². The van der Waals surface area contributed by atoms with E-state index in [0.717, 1.165) is 76.6 Å². The molecule has 0 spiro atoms. The Bertz CT molecular complexity index is 475. The van der Waals surface area contributed by atoms with Crippen LogP contribution in [0.15, 0.2) is 11.6 Å². The summed E-state index contributed by atoms with van der Waals surface area (Å²) in [6.07, 6.45) is 11.2. The minimum atomic E-state index is 0.139. The maximum Gasteiger partial charge on any atom is 0.249 e. The number of carbonyl (C=O) groups excluding carboxylic acids is 2. The Hall–Kier alpha value is -1.36. The van der Waals surface area contributed by atoms with Gasteiger partial charge in [-0.2, -0.15) is 0 Å². The van der Waals surface area contributed by atoms with Crippen molar-refractivity contribution in [2.45, 2.75) is 63.9 Å². The molecule has 134 valence electrons. The Labute approximate surface area is 144 Å². The number of likely N-dealkylation sites (tertiary alicyclic amines) is 1. The Balaban J connectivity index is 1.30. The van der Waals surface area contributed by atoms with E-state index >= 15 is 0 Å². The SMILES string of the molecule is O=C(CCC1CCN(C(=O)C2=CCCC2)CC1)NC[C@H]1CCCO1. The number of nitrogens with zero attached hydrogens (tertiary/aromatic N) is 1. The van der Waals surface area contributed by atoms with Gasteiger partial charge >= 0.3 is 0 Å². The summed E-state index contributed by atoms with van der Waals surface area (Å²) in [7, 11) is 0. The molecule has 0 radical (unpaired) electrons. The van der Waals surface area contributed by atoms with Crippen LogP contribution in [0.3, 0.4) is 0 Å². The largest absolute Gasteiger partial charge is 0.376 e. The molecule has 2 aliphatic heterocycles. The lowest BCUT2D eigenvalue weighted by Crippen LogP contribution is -2.39. The van der Waals surface area contributed by atoms with Gasteiger partial charge in [0.05, 0.1) is 6.10 Å². The van der Waals surface area contributed by atoms with Crippen LogP contribution in [0, 0.1) is 5.92 Å². The van der Waals surface area contributed by atoms with Crippen molar-refractivity contribution in [2.24, 2.45) is 5.92 Å². The number of carbonyl (C=O) groups is 2. The van der Waals surface area contributed by atoms with E-state index in [1.807, 2.05) is 4.90 Å². The Kier molecular flexibility index (Phi) is 6.30. The third kappa shape index (κ3) is 4.82. The number of ether oxygens (including phenoxy) is 1. The predicted molar refractivity (Wildman–Crippen MR) is 92.5 cm³/mol. The predicted octanol–water partition coefficient (Wildman–Crippen LogP) is 2.41. The lowest BCUT2D eigenvalue weighted by molar-refractivity contribution is -0.129. The third-order valence-corrected chi connectivity index (χ3v) is 5.55. The molecular weight excluding hydrogens is 304 g/mol. The average Bonchev–Trinajstić information content (AvgIpc) is 3.31. The standard InChI is InChI=1S/C19H30N2O3/c22-18(20-14-17-6-3-13-24-17)8-7-15-9-11-21(12-10-15)19(23)16-4-1-2-5-16/h4,15,17H,1-3,5-14H2,(H,20,22)/t17-/m1/s1. The molecule has 1 N–H and O–H groups in total. The molecule has 0 saturated carbocycles. The number of hydrogen-bond donors (Lipinski definition) is 1. The van der Waals surface area contributed by atoms with Gasteiger partial charge in [0.1, 0.15) is 0 Å². The summed E-state index contributed by atoms with van der Waals surface area (Å²) in [6.45, 7) is 3.17. The summed E-state index contributed by atoms with van der Waals surface area (Å²) in [6, 6.07) is 0. The van der Waals surface area contributed by atoms with Gasteiger partial charge in [-0.25, -0.2) is 0 Å². The minimum absolute atomic E-state index is 0.139. The molecule has 0 aromatic rings. The van der Waals surface area contributed by atoms with Crippen LogP contribution in [0.1, 0.15) is 57.8 Å². The number of rotatable bonds is 6. The van der Waals surface area contributed by atoms with E-state index in [1.165, 1.54) is 0 Å². The van der Waals surface area contributed by atoms with Crippen LogP contribution in [-0.4, -0.2) is 49.1 Å². The molecule has 2 fully saturated rings. The van der Waals surface area contributed by atoms with E-state index < -0.39 is 0 Å². The smallest absolute Gasteiger partial charge is 0.249 e. The Morgan fingerprint density at radius 2 is 2.04 bits per heavy atom. The van der Waals surface area contributed by atoms with E-state index in [2.05, 4.69) is 11.4 Å². The topological polar surface area (TPSA) is 58.6 Å². The van der Waals surface area contributed by atoms with Gasteiger partial charge in [-0.1, -0.05) is 6.08 Å². The lowest BCUT2D eigenvalue weighted by atomic mass is 9.91. The van der Waals surface area contributed by atoms with E-state index in [-0.39, 0.29) is 17.9 Å². The molecule has 0 aromatic heterocycles.